The number of aliphatic hydroxyl groups excluding tert-OH is 1. The monoisotopic (exact) mass is 244 g/mol. The topological polar surface area (TPSA) is 75.3 Å². The van der Waals surface area contributed by atoms with E-state index in [1.54, 1.807) is 18.7 Å². The van der Waals surface area contributed by atoms with E-state index in [-0.39, 0.29) is 18.1 Å². The Labute approximate surface area is 98.5 Å². The molecule has 1 rings (SSSR count). The Balaban J connectivity index is 2.90. The van der Waals surface area contributed by atoms with Crippen LogP contribution in [0.1, 0.15) is 23.0 Å². The number of aromatic nitrogens is 2. The van der Waals surface area contributed by atoms with Crippen LogP contribution in [0.4, 0.5) is 0 Å². The van der Waals surface area contributed by atoms with Crippen LogP contribution in [0, 0.1) is 12.8 Å². The third-order valence-electron chi connectivity index (χ3n) is 2.20. The van der Waals surface area contributed by atoms with Gasteiger partial charge in [-0.05, 0) is 12.8 Å². The van der Waals surface area contributed by atoms with Crippen molar-refractivity contribution in [2.75, 3.05) is 12.4 Å². The zero-order valence-corrected chi connectivity index (χ0v) is 10.4. The zero-order valence-electron chi connectivity index (χ0n) is 9.60. The lowest BCUT2D eigenvalue weighted by molar-refractivity contribution is 0.0692. The molecule has 0 spiro atoms. The first-order valence-corrected chi connectivity index (χ1v) is 5.96. The van der Waals surface area contributed by atoms with Crippen LogP contribution in [0.15, 0.2) is 5.03 Å². The molecule has 1 unspecified atom stereocenters. The maximum absolute atomic E-state index is 11.1. The number of nitrogens with zero attached hydrogens (tertiary/aromatic N) is 2. The maximum Gasteiger partial charge on any atom is 0.340 e. The van der Waals surface area contributed by atoms with Crippen molar-refractivity contribution in [1.82, 2.24) is 9.78 Å². The number of aliphatic hydroxyl groups is 1. The third kappa shape index (κ3) is 2.76. The Bertz CT molecular complexity index is 390. The van der Waals surface area contributed by atoms with Crippen LogP contribution in [-0.2, 0) is 7.05 Å². The number of aromatic carboxylic acids is 1. The molecule has 5 nitrogen and oxygen atoms in total. The normalized spacial score (nSPS) is 12.8. The lowest BCUT2D eigenvalue weighted by Crippen LogP contribution is -2.06. The van der Waals surface area contributed by atoms with Crippen molar-refractivity contribution in [2.45, 2.75) is 18.9 Å². The van der Waals surface area contributed by atoms with Crippen molar-refractivity contribution >= 4 is 17.7 Å². The molecule has 0 aliphatic rings. The Kier molecular flexibility index (Phi) is 4.37. The minimum absolute atomic E-state index is 0.103. The number of carboxylic acid groups (broad SMARTS) is 1. The first-order chi connectivity index (χ1) is 7.47. The number of hydrogen-bond donors (Lipinski definition) is 2. The summed E-state index contributed by atoms with van der Waals surface area (Å²) in [5.74, 6) is -0.137. The van der Waals surface area contributed by atoms with E-state index >= 15 is 0 Å². The summed E-state index contributed by atoms with van der Waals surface area (Å²) in [6.07, 6.45) is 0. The molecule has 1 aromatic heterocycles. The van der Waals surface area contributed by atoms with E-state index in [1.807, 2.05) is 6.92 Å². The molecule has 0 fully saturated rings. The number of carbonyl (C=O) groups is 1. The van der Waals surface area contributed by atoms with Gasteiger partial charge in [0, 0.05) is 19.4 Å². The first kappa shape index (κ1) is 13.1. The molecular formula is C10H16N2O3S. The lowest BCUT2D eigenvalue weighted by atomic mass is 10.2. The molecule has 0 radical (unpaired) electrons. The van der Waals surface area contributed by atoms with Gasteiger partial charge in [-0.15, -0.1) is 11.8 Å². The molecule has 0 amide bonds. The van der Waals surface area contributed by atoms with Crippen LogP contribution < -0.4 is 0 Å². The van der Waals surface area contributed by atoms with Gasteiger partial charge in [0.2, 0.25) is 0 Å². The molecule has 0 saturated carbocycles. The van der Waals surface area contributed by atoms with Crippen molar-refractivity contribution in [1.29, 1.82) is 0 Å². The van der Waals surface area contributed by atoms with Gasteiger partial charge >= 0.3 is 5.97 Å². The van der Waals surface area contributed by atoms with Gasteiger partial charge in [0.15, 0.2) is 0 Å². The Morgan fingerprint density at radius 2 is 2.25 bits per heavy atom. The highest BCUT2D eigenvalue weighted by molar-refractivity contribution is 7.99. The summed E-state index contributed by atoms with van der Waals surface area (Å²) in [7, 11) is 1.73. The SMILES string of the molecule is Cc1nn(C)c(SCC(C)CO)c1C(=O)O. The largest absolute Gasteiger partial charge is 0.478 e. The fraction of sp³-hybridized carbons (Fsp3) is 0.600. The van der Waals surface area contributed by atoms with Crippen LogP contribution in [0.25, 0.3) is 0 Å². The highest BCUT2D eigenvalue weighted by Crippen LogP contribution is 2.26. The molecule has 1 aromatic rings. The predicted molar refractivity (Wildman–Crippen MR) is 61.9 cm³/mol. The minimum atomic E-state index is -0.954. The van der Waals surface area contributed by atoms with Gasteiger partial charge in [0.05, 0.1) is 5.69 Å². The Morgan fingerprint density at radius 3 is 2.75 bits per heavy atom. The lowest BCUT2D eigenvalue weighted by Gasteiger charge is -2.07. The number of aryl methyl sites for hydroxylation is 2. The standard InChI is InChI=1S/C10H16N2O3S/c1-6(4-13)5-16-9-8(10(14)15)7(2)11-12(9)3/h6,13H,4-5H2,1-3H3,(H,14,15). The van der Waals surface area contributed by atoms with E-state index in [0.717, 1.165) is 0 Å². The molecule has 6 heteroatoms. The second kappa shape index (κ2) is 5.36. The summed E-state index contributed by atoms with van der Waals surface area (Å²) in [5, 5.41) is 22.7. The predicted octanol–water partition coefficient (Wildman–Crippen LogP) is 1.15. The average Bonchev–Trinajstić information content (AvgIpc) is 2.49. The van der Waals surface area contributed by atoms with Crippen molar-refractivity contribution < 1.29 is 15.0 Å². The van der Waals surface area contributed by atoms with Crippen molar-refractivity contribution in [2.24, 2.45) is 13.0 Å². The maximum atomic E-state index is 11.1. The molecule has 0 bridgehead atoms. The van der Waals surface area contributed by atoms with Gasteiger partial charge < -0.3 is 10.2 Å². The summed E-state index contributed by atoms with van der Waals surface area (Å²) >= 11 is 1.42. The second-order valence-corrected chi connectivity index (χ2v) is 4.80. The molecule has 90 valence electrons. The molecule has 1 atom stereocenters. The summed E-state index contributed by atoms with van der Waals surface area (Å²) in [6.45, 7) is 3.70. The number of hydrogen-bond acceptors (Lipinski definition) is 4. The van der Waals surface area contributed by atoms with Gasteiger partial charge in [-0.3, -0.25) is 4.68 Å². The van der Waals surface area contributed by atoms with Gasteiger partial charge in [0.25, 0.3) is 0 Å². The summed E-state index contributed by atoms with van der Waals surface area (Å²) in [5.41, 5.74) is 0.784. The minimum Gasteiger partial charge on any atom is -0.478 e. The first-order valence-electron chi connectivity index (χ1n) is 4.98. The Hall–Kier alpha value is -1.01. The van der Waals surface area contributed by atoms with E-state index in [2.05, 4.69) is 5.10 Å². The molecule has 0 saturated heterocycles. The molecule has 0 aliphatic carbocycles. The van der Waals surface area contributed by atoms with Crippen molar-refractivity contribution in [3.05, 3.63) is 11.3 Å². The smallest absolute Gasteiger partial charge is 0.340 e. The summed E-state index contributed by atoms with van der Waals surface area (Å²) < 4.78 is 1.58. The number of carboxylic acids is 1. The van der Waals surface area contributed by atoms with Crippen molar-refractivity contribution in [3.63, 3.8) is 0 Å². The molecule has 0 aromatic carbocycles. The van der Waals surface area contributed by atoms with E-state index in [9.17, 15) is 4.79 Å². The average molecular weight is 244 g/mol. The van der Waals surface area contributed by atoms with Crippen LogP contribution in [0.5, 0.6) is 0 Å². The molecular weight excluding hydrogens is 228 g/mol. The highest BCUT2D eigenvalue weighted by atomic mass is 32.2. The van der Waals surface area contributed by atoms with Crippen LogP contribution in [0.2, 0.25) is 0 Å². The van der Waals surface area contributed by atoms with E-state index in [1.165, 1.54) is 11.8 Å². The van der Waals surface area contributed by atoms with Gasteiger partial charge in [0.1, 0.15) is 10.6 Å². The fourth-order valence-corrected chi connectivity index (χ4v) is 2.48. The highest BCUT2D eigenvalue weighted by Gasteiger charge is 2.20. The third-order valence-corrected chi connectivity index (χ3v) is 3.68. The van der Waals surface area contributed by atoms with Crippen molar-refractivity contribution in [3.8, 4) is 0 Å². The number of rotatable bonds is 5. The van der Waals surface area contributed by atoms with Crippen LogP contribution >= 0.6 is 11.8 Å². The zero-order chi connectivity index (χ0) is 12.3. The van der Waals surface area contributed by atoms with Gasteiger partial charge in [-0.25, -0.2) is 4.79 Å². The fourth-order valence-electron chi connectivity index (χ4n) is 1.32. The molecule has 2 N–H and O–H groups in total. The van der Waals surface area contributed by atoms with Crippen LogP contribution in [0.3, 0.4) is 0 Å². The second-order valence-electron chi connectivity index (χ2n) is 3.79. The van der Waals surface area contributed by atoms with E-state index in [0.29, 0.717) is 16.5 Å². The Morgan fingerprint density at radius 1 is 1.62 bits per heavy atom. The van der Waals surface area contributed by atoms with E-state index < -0.39 is 5.97 Å². The molecule has 16 heavy (non-hydrogen) atoms. The van der Waals surface area contributed by atoms with E-state index in [4.69, 9.17) is 10.2 Å². The van der Waals surface area contributed by atoms with Gasteiger partial charge in [-0.2, -0.15) is 5.10 Å². The molecule has 0 aliphatic heterocycles. The number of thioether (sulfide) groups is 1. The summed E-state index contributed by atoms with van der Waals surface area (Å²) in [6, 6.07) is 0. The molecule has 1 heterocycles. The van der Waals surface area contributed by atoms with Crippen LogP contribution in [-0.4, -0.2) is 38.3 Å². The summed E-state index contributed by atoms with van der Waals surface area (Å²) in [4.78, 5) is 11.1. The quantitative estimate of drug-likeness (QED) is 0.760. The van der Waals surface area contributed by atoms with Gasteiger partial charge in [-0.1, -0.05) is 6.92 Å².